The molecule has 0 radical (unpaired) electrons. The Morgan fingerprint density at radius 1 is 1.00 bits per heavy atom. The Kier molecular flexibility index (Phi) is 6.77. The van der Waals surface area contributed by atoms with Crippen molar-refractivity contribution in [1.82, 2.24) is 14.8 Å². The minimum absolute atomic E-state index is 0.0639. The molecule has 4 rings (SSSR count). The summed E-state index contributed by atoms with van der Waals surface area (Å²) in [5.74, 6) is 2.33. The highest BCUT2D eigenvalue weighted by Crippen LogP contribution is 2.22. The monoisotopic (exact) mass is 421 g/mol. The van der Waals surface area contributed by atoms with Crippen LogP contribution in [0.5, 0.6) is 11.5 Å². The number of amides is 1. The summed E-state index contributed by atoms with van der Waals surface area (Å²) >= 11 is 0. The van der Waals surface area contributed by atoms with Crippen LogP contribution in [0.15, 0.2) is 54.7 Å². The van der Waals surface area contributed by atoms with E-state index >= 15 is 0 Å². The zero-order chi connectivity index (χ0) is 21.6. The molecule has 1 N–H and O–H groups in total. The highest BCUT2D eigenvalue weighted by Gasteiger charge is 2.20. The number of likely N-dealkylation sites (tertiary alicyclic amines) is 1. The molecule has 1 amide bonds. The number of piperidine rings is 1. The van der Waals surface area contributed by atoms with E-state index in [0.29, 0.717) is 12.5 Å². The van der Waals surface area contributed by atoms with Crippen molar-refractivity contribution >= 4 is 16.8 Å². The molecule has 0 saturated carbocycles. The number of fused-ring (bicyclic) bond motifs is 1. The van der Waals surface area contributed by atoms with Gasteiger partial charge in [0.1, 0.15) is 18.0 Å². The normalized spacial score (nSPS) is 15.2. The first-order chi connectivity index (χ1) is 15.1. The van der Waals surface area contributed by atoms with Crippen molar-refractivity contribution in [2.24, 2.45) is 5.92 Å². The Labute approximate surface area is 183 Å². The third kappa shape index (κ3) is 5.39. The van der Waals surface area contributed by atoms with Gasteiger partial charge >= 0.3 is 0 Å². The van der Waals surface area contributed by atoms with E-state index in [-0.39, 0.29) is 5.91 Å². The average molecular weight is 422 g/mol. The van der Waals surface area contributed by atoms with E-state index in [1.807, 2.05) is 47.2 Å². The Balaban J connectivity index is 1.21. The van der Waals surface area contributed by atoms with Gasteiger partial charge in [-0.2, -0.15) is 0 Å². The number of nitrogens with zero attached hydrogens (tertiary/aromatic N) is 2. The minimum Gasteiger partial charge on any atom is -0.497 e. The molecule has 2 heterocycles. The fourth-order valence-electron chi connectivity index (χ4n) is 4.25. The van der Waals surface area contributed by atoms with Crippen LogP contribution in [0.4, 0.5) is 0 Å². The van der Waals surface area contributed by atoms with Gasteiger partial charge in [0.25, 0.3) is 0 Å². The molecule has 1 aliphatic rings. The maximum absolute atomic E-state index is 12.5. The fourth-order valence-corrected chi connectivity index (χ4v) is 4.25. The molecule has 31 heavy (non-hydrogen) atoms. The SMILES string of the molecule is COc1ccc(CN2CCC(CNC(=O)Cn3ccc4cc(OC)ccc43)CC2)cc1. The molecule has 0 unspecified atom stereocenters. The maximum Gasteiger partial charge on any atom is 0.239 e. The standard InChI is InChI=1S/C25H31N3O3/c1-30-22-5-3-20(4-6-22)17-27-12-9-19(10-13-27)16-26-25(29)18-28-14-11-21-15-23(31-2)7-8-24(21)28/h3-8,11,14-15,19H,9-10,12-13,16-18H2,1-2H3,(H,26,29). The lowest BCUT2D eigenvalue weighted by molar-refractivity contribution is -0.121. The lowest BCUT2D eigenvalue weighted by atomic mass is 9.96. The number of methoxy groups -OCH3 is 2. The van der Waals surface area contributed by atoms with Crippen LogP contribution in [0.3, 0.4) is 0 Å². The number of rotatable bonds is 8. The number of ether oxygens (including phenoxy) is 2. The van der Waals surface area contributed by atoms with Crippen molar-refractivity contribution in [1.29, 1.82) is 0 Å². The van der Waals surface area contributed by atoms with E-state index < -0.39 is 0 Å². The van der Waals surface area contributed by atoms with Crippen LogP contribution in [0.1, 0.15) is 18.4 Å². The summed E-state index contributed by atoms with van der Waals surface area (Å²) in [6.07, 6.45) is 4.19. The first-order valence-corrected chi connectivity index (χ1v) is 10.9. The van der Waals surface area contributed by atoms with Crippen LogP contribution in [0, 0.1) is 5.92 Å². The van der Waals surface area contributed by atoms with E-state index in [1.54, 1.807) is 14.2 Å². The first kappa shape index (κ1) is 21.2. The van der Waals surface area contributed by atoms with Gasteiger partial charge in [-0.15, -0.1) is 0 Å². The van der Waals surface area contributed by atoms with Crippen LogP contribution in [-0.2, 0) is 17.9 Å². The third-order valence-corrected chi connectivity index (χ3v) is 6.15. The molecule has 2 aromatic carbocycles. The van der Waals surface area contributed by atoms with Gasteiger partial charge < -0.3 is 19.4 Å². The summed E-state index contributed by atoms with van der Waals surface area (Å²) in [5.41, 5.74) is 2.35. The Morgan fingerprint density at radius 3 is 2.42 bits per heavy atom. The van der Waals surface area contributed by atoms with E-state index in [4.69, 9.17) is 9.47 Å². The van der Waals surface area contributed by atoms with E-state index in [9.17, 15) is 4.79 Å². The third-order valence-electron chi connectivity index (χ3n) is 6.15. The van der Waals surface area contributed by atoms with E-state index in [2.05, 4.69) is 22.3 Å². The van der Waals surface area contributed by atoms with Gasteiger partial charge in [-0.1, -0.05) is 12.1 Å². The Morgan fingerprint density at radius 2 is 1.71 bits per heavy atom. The second-order valence-corrected chi connectivity index (χ2v) is 8.24. The summed E-state index contributed by atoms with van der Waals surface area (Å²) in [6, 6.07) is 16.2. The molecule has 6 nitrogen and oxygen atoms in total. The zero-order valence-electron chi connectivity index (χ0n) is 18.3. The van der Waals surface area contributed by atoms with E-state index in [0.717, 1.165) is 61.4 Å². The van der Waals surface area contributed by atoms with Gasteiger partial charge in [0.15, 0.2) is 0 Å². The molecule has 1 fully saturated rings. The molecule has 1 saturated heterocycles. The van der Waals surface area contributed by atoms with Crippen molar-refractivity contribution in [3.63, 3.8) is 0 Å². The molecule has 0 bridgehead atoms. The number of nitrogens with one attached hydrogen (secondary N) is 1. The molecule has 3 aromatic rings. The summed E-state index contributed by atoms with van der Waals surface area (Å²) in [4.78, 5) is 15.0. The zero-order valence-corrected chi connectivity index (χ0v) is 18.3. The number of benzene rings is 2. The van der Waals surface area contributed by atoms with Crippen molar-refractivity contribution in [3.05, 3.63) is 60.3 Å². The van der Waals surface area contributed by atoms with Crippen LogP contribution >= 0.6 is 0 Å². The molecule has 1 aliphatic heterocycles. The summed E-state index contributed by atoms with van der Waals surface area (Å²) in [5, 5.41) is 4.22. The summed E-state index contributed by atoms with van der Waals surface area (Å²) in [6.45, 7) is 4.19. The van der Waals surface area contributed by atoms with Crippen molar-refractivity contribution in [3.8, 4) is 11.5 Å². The number of carbonyl (C=O) groups excluding carboxylic acids is 1. The van der Waals surface area contributed by atoms with Gasteiger partial charge in [-0.05, 0) is 73.8 Å². The highest BCUT2D eigenvalue weighted by atomic mass is 16.5. The van der Waals surface area contributed by atoms with Crippen molar-refractivity contribution in [2.45, 2.75) is 25.9 Å². The Hall–Kier alpha value is -2.99. The lowest BCUT2D eigenvalue weighted by Gasteiger charge is -2.32. The quantitative estimate of drug-likeness (QED) is 0.603. The van der Waals surface area contributed by atoms with Gasteiger partial charge in [0, 0.05) is 30.2 Å². The summed E-state index contributed by atoms with van der Waals surface area (Å²) < 4.78 is 12.5. The molecule has 0 spiro atoms. The first-order valence-electron chi connectivity index (χ1n) is 10.9. The number of carbonyl (C=O) groups is 1. The van der Waals surface area contributed by atoms with Gasteiger partial charge in [-0.25, -0.2) is 0 Å². The topological polar surface area (TPSA) is 55.7 Å². The number of aromatic nitrogens is 1. The molecule has 0 atom stereocenters. The van der Waals surface area contributed by atoms with Crippen molar-refractivity contribution in [2.75, 3.05) is 33.9 Å². The van der Waals surface area contributed by atoms with Crippen LogP contribution in [-0.4, -0.2) is 49.2 Å². The van der Waals surface area contributed by atoms with Gasteiger partial charge in [-0.3, -0.25) is 9.69 Å². The minimum atomic E-state index is 0.0639. The molecular weight excluding hydrogens is 390 g/mol. The van der Waals surface area contributed by atoms with Crippen LogP contribution in [0.2, 0.25) is 0 Å². The summed E-state index contributed by atoms with van der Waals surface area (Å²) in [7, 11) is 3.35. The maximum atomic E-state index is 12.5. The fraction of sp³-hybridized carbons (Fsp3) is 0.400. The van der Waals surface area contributed by atoms with Crippen LogP contribution in [0.25, 0.3) is 10.9 Å². The largest absolute Gasteiger partial charge is 0.497 e. The molecule has 6 heteroatoms. The average Bonchev–Trinajstić information content (AvgIpc) is 3.21. The van der Waals surface area contributed by atoms with Crippen molar-refractivity contribution < 1.29 is 14.3 Å². The molecule has 0 aliphatic carbocycles. The van der Waals surface area contributed by atoms with Gasteiger partial charge in [0.2, 0.25) is 5.91 Å². The Bertz CT molecular complexity index is 1000. The number of hydrogen-bond donors (Lipinski definition) is 1. The molecule has 164 valence electrons. The number of hydrogen-bond acceptors (Lipinski definition) is 4. The lowest BCUT2D eigenvalue weighted by Crippen LogP contribution is -2.39. The van der Waals surface area contributed by atoms with Gasteiger partial charge in [0.05, 0.1) is 14.2 Å². The predicted molar refractivity (Wildman–Crippen MR) is 122 cm³/mol. The molecule has 1 aromatic heterocycles. The predicted octanol–water partition coefficient (Wildman–Crippen LogP) is 3.69. The second-order valence-electron chi connectivity index (χ2n) is 8.24. The van der Waals surface area contributed by atoms with E-state index in [1.165, 1.54) is 5.56 Å². The van der Waals surface area contributed by atoms with Crippen LogP contribution < -0.4 is 14.8 Å². The second kappa shape index (κ2) is 9.88. The smallest absolute Gasteiger partial charge is 0.239 e. The molecular formula is C25H31N3O3. The highest BCUT2D eigenvalue weighted by molar-refractivity contribution is 5.84.